The van der Waals surface area contributed by atoms with Gasteiger partial charge < -0.3 is 4.98 Å². The van der Waals surface area contributed by atoms with E-state index in [1.54, 1.807) is 42.5 Å². The van der Waals surface area contributed by atoms with Crippen LogP contribution in [0.2, 0.25) is 0 Å². The number of rotatable bonds is 3. The maximum Gasteiger partial charge on any atom is 0.261 e. The summed E-state index contributed by atoms with van der Waals surface area (Å²) in [6.07, 6.45) is 0. The second kappa shape index (κ2) is 5.01. The Balaban J connectivity index is 1.98. The molecule has 0 saturated heterocycles. The number of aromatic amines is 1. The van der Waals surface area contributed by atoms with E-state index in [0.717, 1.165) is 10.2 Å². The number of H-pyrrole nitrogens is 1. The Bertz CT molecular complexity index is 911. The maximum atomic E-state index is 12.2. The quantitative estimate of drug-likeness (QED) is 0.722. The zero-order chi connectivity index (χ0) is 14.2. The van der Waals surface area contributed by atoms with E-state index in [4.69, 9.17) is 12.2 Å². The molecule has 2 aromatic carbocycles. The van der Waals surface area contributed by atoms with Gasteiger partial charge in [0, 0.05) is 0 Å². The monoisotopic (exact) mass is 322 g/mol. The molecule has 2 N–H and O–H groups in total. The van der Waals surface area contributed by atoms with Crippen LogP contribution < -0.4 is 4.72 Å². The number of thiazole rings is 1. The molecule has 0 atom stereocenters. The van der Waals surface area contributed by atoms with E-state index in [0.29, 0.717) is 9.64 Å². The molecule has 0 bridgehead atoms. The number of benzene rings is 2. The average Bonchev–Trinajstić information content (AvgIpc) is 2.79. The third-order valence-corrected chi connectivity index (χ3v) is 5.32. The van der Waals surface area contributed by atoms with Gasteiger partial charge in [-0.15, -0.1) is 11.3 Å². The zero-order valence-corrected chi connectivity index (χ0v) is 12.6. The van der Waals surface area contributed by atoms with Gasteiger partial charge in [0.2, 0.25) is 0 Å². The van der Waals surface area contributed by atoms with Crippen molar-refractivity contribution < 1.29 is 8.42 Å². The normalized spacial score (nSPS) is 11.6. The highest BCUT2D eigenvalue weighted by Crippen LogP contribution is 2.24. The molecule has 0 fully saturated rings. The summed E-state index contributed by atoms with van der Waals surface area (Å²) < 4.78 is 28.6. The van der Waals surface area contributed by atoms with E-state index in [9.17, 15) is 8.42 Å². The Morgan fingerprint density at radius 3 is 2.60 bits per heavy atom. The van der Waals surface area contributed by atoms with Crippen molar-refractivity contribution in [1.82, 2.24) is 4.98 Å². The van der Waals surface area contributed by atoms with Crippen LogP contribution in [-0.2, 0) is 10.0 Å². The first-order valence-electron chi connectivity index (χ1n) is 5.75. The summed E-state index contributed by atoms with van der Waals surface area (Å²) >= 11 is 6.48. The van der Waals surface area contributed by atoms with Crippen molar-refractivity contribution in [2.45, 2.75) is 4.90 Å². The minimum atomic E-state index is -3.56. The smallest absolute Gasteiger partial charge is 0.261 e. The molecular formula is C13H10N2O2S3. The first-order chi connectivity index (χ1) is 9.54. The molecule has 7 heteroatoms. The van der Waals surface area contributed by atoms with Gasteiger partial charge in [-0.25, -0.2) is 8.42 Å². The molecule has 0 spiro atoms. The number of fused-ring (bicyclic) bond motifs is 1. The number of anilines is 1. The molecular weight excluding hydrogens is 312 g/mol. The van der Waals surface area contributed by atoms with Crippen molar-refractivity contribution in [2.75, 3.05) is 4.72 Å². The average molecular weight is 322 g/mol. The van der Waals surface area contributed by atoms with Crippen LogP contribution in [0.25, 0.3) is 10.2 Å². The number of hydrogen-bond donors (Lipinski definition) is 2. The van der Waals surface area contributed by atoms with E-state index >= 15 is 0 Å². The van der Waals surface area contributed by atoms with Crippen LogP contribution in [0, 0.1) is 3.95 Å². The molecule has 1 heterocycles. The fourth-order valence-electron chi connectivity index (χ4n) is 1.82. The van der Waals surface area contributed by atoms with Crippen LogP contribution in [0.5, 0.6) is 0 Å². The molecule has 3 aromatic rings. The van der Waals surface area contributed by atoms with Crippen molar-refractivity contribution in [3.63, 3.8) is 0 Å². The molecule has 0 amide bonds. The molecule has 0 unspecified atom stereocenters. The van der Waals surface area contributed by atoms with E-state index in [-0.39, 0.29) is 4.90 Å². The highest BCUT2D eigenvalue weighted by molar-refractivity contribution is 7.92. The lowest BCUT2D eigenvalue weighted by molar-refractivity contribution is 0.601. The van der Waals surface area contributed by atoms with Crippen LogP contribution in [0.4, 0.5) is 5.69 Å². The van der Waals surface area contributed by atoms with Crippen molar-refractivity contribution in [3.8, 4) is 0 Å². The summed E-state index contributed by atoms with van der Waals surface area (Å²) in [7, 11) is -3.56. The van der Waals surface area contributed by atoms with E-state index < -0.39 is 10.0 Å². The number of nitrogens with one attached hydrogen (secondary N) is 2. The lowest BCUT2D eigenvalue weighted by atomic mass is 10.3. The highest BCUT2D eigenvalue weighted by Gasteiger charge is 2.13. The molecule has 102 valence electrons. The second-order valence-electron chi connectivity index (χ2n) is 4.14. The van der Waals surface area contributed by atoms with Gasteiger partial charge in [0.1, 0.15) is 0 Å². The summed E-state index contributed by atoms with van der Waals surface area (Å²) in [6.45, 7) is 0. The summed E-state index contributed by atoms with van der Waals surface area (Å²) in [6, 6.07) is 13.6. The fourth-order valence-corrected chi connectivity index (χ4v) is 4.05. The molecule has 1 aromatic heterocycles. The summed E-state index contributed by atoms with van der Waals surface area (Å²) in [5.74, 6) is 0. The largest absolute Gasteiger partial charge is 0.337 e. The Morgan fingerprint density at radius 1 is 1.10 bits per heavy atom. The summed E-state index contributed by atoms with van der Waals surface area (Å²) in [5, 5.41) is 0. The van der Waals surface area contributed by atoms with Gasteiger partial charge in [-0.1, -0.05) is 18.2 Å². The van der Waals surface area contributed by atoms with Crippen LogP contribution in [0.15, 0.2) is 53.4 Å². The first kappa shape index (κ1) is 13.3. The van der Waals surface area contributed by atoms with Gasteiger partial charge in [0.25, 0.3) is 10.0 Å². The van der Waals surface area contributed by atoms with Crippen molar-refractivity contribution in [1.29, 1.82) is 0 Å². The van der Waals surface area contributed by atoms with E-state index in [2.05, 4.69) is 9.71 Å². The fraction of sp³-hybridized carbons (Fsp3) is 0. The predicted molar refractivity (Wildman–Crippen MR) is 84.3 cm³/mol. The summed E-state index contributed by atoms with van der Waals surface area (Å²) in [5.41, 5.74) is 1.43. The third-order valence-electron chi connectivity index (χ3n) is 2.73. The third kappa shape index (κ3) is 2.60. The molecule has 0 saturated carbocycles. The van der Waals surface area contributed by atoms with Crippen LogP contribution in [0.3, 0.4) is 0 Å². The van der Waals surface area contributed by atoms with Gasteiger partial charge in [-0.3, -0.25) is 4.72 Å². The lowest BCUT2D eigenvalue weighted by Gasteiger charge is -2.07. The van der Waals surface area contributed by atoms with Gasteiger partial charge in [-0.2, -0.15) is 0 Å². The van der Waals surface area contributed by atoms with Gasteiger partial charge in [0.05, 0.1) is 20.8 Å². The maximum absolute atomic E-state index is 12.2. The first-order valence-corrected chi connectivity index (χ1v) is 8.46. The van der Waals surface area contributed by atoms with Gasteiger partial charge in [-0.05, 0) is 42.5 Å². The van der Waals surface area contributed by atoms with Gasteiger partial charge >= 0.3 is 0 Å². The Morgan fingerprint density at radius 2 is 1.85 bits per heavy atom. The van der Waals surface area contributed by atoms with Crippen molar-refractivity contribution >= 4 is 49.5 Å². The van der Waals surface area contributed by atoms with E-state index in [1.807, 2.05) is 6.07 Å². The van der Waals surface area contributed by atoms with Crippen LogP contribution in [-0.4, -0.2) is 13.4 Å². The predicted octanol–water partition coefficient (Wildman–Crippen LogP) is 3.76. The number of sulfonamides is 1. The molecule has 0 aliphatic heterocycles. The van der Waals surface area contributed by atoms with Crippen LogP contribution >= 0.6 is 23.6 Å². The minimum absolute atomic E-state index is 0.238. The Labute approximate surface area is 125 Å². The van der Waals surface area contributed by atoms with E-state index in [1.165, 1.54) is 11.3 Å². The minimum Gasteiger partial charge on any atom is -0.337 e. The number of hydrogen-bond acceptors (Lipinski definition) is 4. The molecule has 3 rings (SSSR count). The Hall–Kier alpha value is -1.70. The van der Waals surface area contributed by atoms with Crippen molar-refractivity contribution in [3.05, 3.63) is 52.5 Å². The molecule has 0 radical (unpaired) electrons. The molecule has 0 aliphatic carbocycles. The second-order valence-corrected chi connectivity index (χ2v) is 7.55. The SMILES string of the molecule is O=S(=O)(Nc1ccc2[nH]c(=S)sc2c1)c1ccccc1. The van der Waals surface area contributed by atoms with Crippen LogP contribution in [0.1, 0.15) is 0 Å². The van der Waals surface area contributed by atoms with Gasteiger partial charge in [0.15, 0.2) is 3.95 Å². The molecule has 4 nitrogen and oxygen atoms in total. The standard InChI is InChI=1S/C13H10N2O2S3/c16-20(17,10-4-2-1-3-5-10)15-9-6-7-11-12(8-9)19-13(18)14-11/h1-8,15H,(H,14,18). The Kier molecular flexibility index (Phi) is 3.33. The number of aromatic nitrogens is 1. The topological polar surface area (TPSA) is 62.0 Å². The lowest BCUT2D eigenvalue weighted by Crippen LogP contribution is -2.12. The zero-order valence-electron chi connectivity index (χ0n) is 10.2. The highest BCUT2D eigenvalue weighted by atomic mass is 32.2. The van der Waals surface area contributed by atoms with Crippen molar-refractivity contribution in [2.24, 2.45) is 0 Å². The molecule has 0 aliphatic rings. The molecule has 20 heavy (non-hydrogen) atoms. The summed E-state index contributed by atoms with van der Waals surface area (Å²) in [4.78, 5) is 3.27.